The molecule has 0 radical (unpaired) electrons. The van der Waals surface area contributed by atoms with Crippen LogP contribution in [0.1, 0.15) is 65.7 Å². The van der Waals surface area contributed by atoms with Gasteiger partial charge in [-0.1, -0.05) is 0 Å². The van der Waals surface area contributed by atoms with Gasteiger partial charge in [-0.15, -0.1) is 0 Å². The first kappa shape index (κ1) is 15.1. The summed E-state index contributed by atoms with van der Waals surface area (Å²) < 4.78 is 5.42. The zero-order chi connectivity index (χ0) is 15.1. The van der Waals surface area contributed by atoms with Crippen molar-refractivity contribution in [3.8, 4) is 0 Å². The van der Waals surface area contributed by atoms with Crippen LogP contribution < -0.4 is 10.6 Å². The Morgan fingerprint density at radius 2 is 1.76 bits per heavy atom. The van der Waals surface area contributed by atoms with Crippen LogP contribution in [0.5, 0.6) is 0 Å². The van der Waals surface area contributed by atoms with E-state index in [-0.39, 0.29) is 11.6 Å². The summed E-state index contributed by atoms with van der Waals surface area (Å²) in [5.74, 6) is 1.80. The monoisotopic (exact) mass is 294 g/mol. The molecule has 3 saturated carbocycles. The third-order valence-corrected chi connectivity index (χ3v) is 5.01. The van der Waals surface area contributed by atoms with Crippen molar-refractivity contribution in [2.45, 2.75) is 82.9 Å². The summed E-state index contributed by atoms with van der Waals surface area (Å²) in [5.41, 5.74) is -0.489. The predicted molar refractivity (Wildman–Crippen MR) is 83.2 cm³/mol. The lowest BCUT2D eigenvalue weighted by Gasteiger charge is -2.43. The Morgan fingerprint density at radius 1 is 1.19 bits per heavy atom. The van der Waals surface area contributed by atoms with E-state index in [4.69, 9.17) is 4.74 Å². The van der Waals surface area contributed by atoms with Crippen LogP contribution >= 0.6 is 0 Å². The lowest BCUT2D eigenvalue weighted by atomic mass is 9.76. The smallest absolute Gasteiger partial charge is 0.408 e. The highest BCUT2D eigenvalue weighted by atomic mass is 16.6. The Kier molecular flexibility index (Phi) is 3.93. The molecule has 0 aromatic carbocycles. The van der Waals surface area contributed by atoms with Crippen molar-refractivity contribution in [3.63, 3.8) is 0 Å². The van der Waals surface area contributed by atoms with E-state index in [0.717, 1.165) is 31.2 Å². The molecule has 21 heavy (non-hydrogen) atoms. The Morgan fingerprint density at radius 3 is 2.14 bits per heavy atom. The molecule has 3 fully saturated rings. The zero-order valence-corrected chi connectivity index (χ0v) is 13.7. The molecule has 0 aromatic heterocycles. The lowest BCUT2D eigenvalue weighted by molar-refractivity contribution is 0.0377. The summed E-state index contributed by atoms with van der Waals surface area (Å²) in [5, 5.41) is 6.92. The minimum Gasteiger partial charge on any atom is -0.444 e. The Hall–Kier alpha value is -0.770. The highest BCUT2D eigenvalue weighted by Gasteiger charge is 2.44. The number of hydrogen-bond acceptors (Lipinski definition) is 3. The topological polar surface area (TPSA) is 50.4 Å². The minimum atomic E-state index is -0.424. The van der Waals surface area contributed by atoms with Gasteiger partial charge < -0.3 is 15.4 Å². The van der Waals surface area contributed by atoms with E-state index < -0.39 is 5.60 Å². The molecule has 0 spiro atoms. The molecule has 4 nitrogen and oxygen atoms in total. The molecular weight excluding hydrogens is 264 g/mol. The molecule has 0 aliphatic heterocycles. The van der Waals surface area contributed by atoms with Gasteiger partial charge in [-0.25, -0.2) is 4.79 Å². The third-order valence-electron chi connectivity index (χ3n) is 5.01. The van der Waals surface area contributed by atoms with Crippen molar-refractivity contribution in [3.05, 3.63) is 0 Å². The van der Waals surface area contributed by atoms with Gasteiger partial charge in [-0.3, -0.25) is 0 Å². The minimum absolute atomic E-state index is 0.0651. The van der Waals surface area contributed by atoms with Gasteiger partial charge in [0.2, 0.25) is 0 Å². The second kappa shape index (κ2) is 5.45. The zero-order valence-electron chi connectivity index (χ0n) is 13.7. The molecular formula is C17H30N2O2. The average Bonchev–Trinajstić information content (AvgIpc) is 3.17. The number of rotatable bonds is 6. The summed E-state index contributed by atoms with van der Waals surface area (Å²) in [6.45, 7) is 6.64. The summed E-state index contributed by atoms with van der Waals surface area (Å²) in [6.07, 6.45) is 8.64. The predicted octanol–water partition coefficient (Wildman–Crippen LogP) is 3.21. The quantitative estimate of drug-likeness (QED) is 0.791. The van der Waals surface area contributed by atoms with Crippen molar-refractivity contribution >= 4 is 6.09 Å². The maximum Gasteiger partial charge on any atom is 0.408 e. The third kappa shape index (κ3) is 4.12. The molecule has 4 heteroatoms. The van der Waals surface area contributed by atoms with Crippen LogP contribution in [-0.2, 0) is 4.74 Å². The number of hydrogen-bond donors (Lipinski definition) is 2. The van der Waals surface area contributed by atoms with Crippen molar-refractivity contribution in [1.82, 2.24) is 10.6 Å². The van der Waals surface area contributed by atoms with Crippen LogP contribution in [0.15, 0.2) is 0 Å². The standard InChI is InChI=1S/C17H30N2O2/c1-16(2,3)21-15(20)19-17(9-4-10-17)11-18-14(12-5-6-12)13-7-8-13/h12-14,18H,4-11H2,1-3H3,(H,19,20). The van der Waals surface area contributed by atoms with Gasteiger partial charge in [-0.05, 0) is 77.6 Å². The summed E-state index contributed by atoms with van der Waals surface area (Å²) in [4.78, 5) is 12.0. The molecule has 120 valence electrons. The molecule has 0 unspecified atom stereocenters. The van der Waals surface area contributed by atoms with Crippen LogP contribution in [0.3, 0.4) is 0 Å². The van der Waals surface area contributed by atoms with Gasteiger partial charge in [0.1, 0.15) is 5.60 Å². The van der Waals surface area contributed by atoms with E-state index in [0.29, 0.717) is 6.04 Å². The maximum atomic E-state index is 12.0. The Bertz CT molecular complexity index is 378. The van der Waals surface area contributed by atoms with Crippen molar-refractivity contribution in [1.29, 1.82) is 0 Å². The number of carbonyl (C=O) groups is 1. The van der Waals surface area contributed by atoms with E-state index in [1.807, 2.05) is 20.8 Å². The Labute approximate surface area is 128 Å². The molecule has 2 N–H and O–H groups in total. The van der Waals surface area contributed by atoms with Crippen LogP contribution in [0.4, 0.5) is 4.79 Å². The van der Waals surface area contributed by atoms with Gasteiger partial charge in [0, 0.05) is 12.6 Å². The fraction of sp³-hybridized carbons (Fsp3) is 0.941. The first-order chi connectivity index (χ1) is 9.87. The summed E-state index contributed by atoms with van der Waals surface area (Å²) in [6, 6.07) is 0.697. The van der Waals surface area contributed by atoms with Crippen molar-refractivity contribution in [2.75, 3.05) is 6.54 Å². The van der Waals surface area contributed by atoms with Gasteiger partial charge >= 0.3 is 6.09 Å². The molecule has 3 aliphatic rings. The molecule has 3 rings (SSSR count). The van der Waals surface area contributed by atoms with Gasteiger partial charge in [-0.2, -0.15) is 0 Å². The maximum absolute atomic E-state index is 12.0. The van der Waals surface area contributed by atoms with Crippen LogP contribution in [-0.4, -0.2) is 29.8 Å². The summed E-state index contributed by atoms with van der Waals surface area (Å²) >= 11 is 0. The average molecular weight is 294 g/mol. The molecule has 0 saturated heterocycles. The van der Waals surface area contributed by atoms with Crippen LogP contribution in [0.2, 0.25) is 0 Å². The number of carbonyl (C=O) groups excluding carboxylic acids is 1. The highest BCUT2D eigenvalue weighted by Crippen LogP contribution is 2.45. The van der Waals surface area contributed by atoms with Crippen molar-refractivity contribution in [2.24, 2.45) is 11.8 Å². The van der Waals surface area contributed by atoms with Crippen LogP contribution in [0.25, 0.3) is 0 Å². The van der Waals surface area contributed by atoms with E-state index in [1.54, 1.807) is 0 Å². The number of amides is 1. The molecule has 0 bridgehead atoms. The Balaban J connectivity index is 1.50. The molecule has 0 atom stereocenters. The van der Waals surface area contributed by atoms with Gasteiger partial charge in [0.25, 0.3) is 0 Å². The fourth-order valence-electron chi connectivity index (χ4n) is 3.41. The SMILES string of the molecule is CC(C)(C)OC(=O)NC1(CNC(C2CC2)C2CC2)CCC1. The second-order valence-electron chi connectivity index (χ2n) is 8.34. The normalized spacial score (nSPS) is 24.6. The largest absolute Gasteiger partial charge is 0.444 e. The molecule has 0 aromatic rings. The van der Waals surface area contributed by atoms with Crippen LogP contribution in [0, 0.1) is 11.8 Å². The first-order valence-electron chi connectivity index (χ1n) is 8.61. The van der Waals surface area contributed by atoms with E-state index in [9.17, 15) is 4.79 Å². The van der Waals surface area contributed by atoms with Gasteiger partial charge in [0.15, 0.2) is 0 Å². The van der Waals surface area contributed by atoms with Crippen molar-refractivity contribution < 1.29 is 9.53 Å². The molecule has 3 aliphatic carbocycles. The number of ether oxygens (including phenoxy) is 1. The van der Waals surface area contributed by atoms with E-state index in [1.165, 1.54) is 32.1 Å². The fourth-order valence-corrected chi connectivity index (χ4v) is 3.41. The number of nitrogens with one attached hydrogen (secondary N) is 2. The lowest BCUT2D eigenvalue weighted by Crippen LogP contribution is -2.61. The first-order valence-corrected chi connectivity index (χ1v) is 8.61. The second-order valence-corrected chi connectivity index (χ2v) is 8.34. The van der Waals surface area contributed by atoms with E-state index >= 15 is 0 Å². The highest BCUT2D eigenvalue weighted by molar-refractivity contribution is 5.69. The molecule has 1 amide bonds. The number of alkyl carbamates (subject to hydrolysis) is 1. The van der Waals surface area contributed by atoms with E-state index in [2.05, 4.69) is 10.6 Å². The summed E-state index contributed by atoms with van der Waals surface area (Å²) in [7, 11) is 0. The van der Waals surface area contributed by atoms with Gasteiger partial charge in [0.05, 0.1) is 5.54 Å². The molecule has 0 heterocycles.